The summed E-state index contributed by atoms with van der Waals surface area (Å²) in [6.07, 6.45) is 0.744. The molecule has 1 heterocycles. The van der Waals surface area contributed by atoms with Gasteiger partial charge in [0.15, 0.2) is 10.6 Å². The Morgan fingerprint density at radius 2 is 1.96 bits per heavy atom. The summed E-state index contributed by atoms with van der Waals surface area (Å²) in [7, 11) is 0. The van der Waals surface area contributed by atoms with Crippen LogP contribution >= 0.6 is 11.3 Å². The van der Waals surface area contributed by atoms with Crippen molar-refractivity contribution < 1.29 is 13.6 Å². The first kappa shape index (κ1) is 17.5. The number of halogens is 2. The predicted octanol–water partition coefficient (Wildman–Crippen LogP) is 4.75. The number of benzene rings is 2. The number of carbonyl (C=O) groups excluding carboxylic acids is 1. The first-order valence-electron chi connectivity index (χ1n) is 8.05. The first-order valence-corrected chi connectivity index (χ1v) is 8.87. The molecule has 0 unspecified atom stereocenters. The van der Waals surface area contributed by atoms with Crippen LogP contribution in [0.4, 0.5) is 8.78 Å². The molecule has 0 aliphatic heterocycles. The van der Waals surface area contributed by atoms with Crippen molar-refractivity contribution in [2.45, 2.75) is 33.7 Å². The minimum absolute atomic E-state index is 0.292. The molecule has 25 heavy (non-hydrogen) atoms. The third-order valence-corrected chi connectivity index (χ3v) is 4.99. The quantitative estimate of drug-likeness (QED) is 0.664. The number of thiazole rings is 1. The van der Waals surface area contributed by atoms with Crippen LogP contribution in [0.1, 0.15) is 34.8 Å². The lowest BCUT2D eigenvalue weighted by Crippen LogP contribution is -2.17. The largest absolute Gasteiger partial charge is 0.314 e. The number of carbonyl (C=O) groups is 1. The van der Waals surface area contributed by atoms with Crippen molar-refractivity contribution in [3.8, 4) is 0 Å². The van der Waals surface area contributed by atoms with Crippen molar-refractivity contribution >= 4 is 27.5 Å². The predicted molar refractivity (Wildman–Crippen MR) is 95.8 cm³/mol. The average Bonchev–Trinajstić information content (AvgIpc) is 2.87. The highest BCUT2D eigenvalue weighted by Crippen LogP contribution is 2.23. The Morgan fingerprint density at radius 3 is 2.68 bits per heavy atom. The van der Waals surface area contributed by atoms with E-state index in [0.717, 1.165) is 35.0 Å². The maximum Gasteiger partial charge on any atom is 0.279 e. The second-order valence-electron chi connectivity index (χ2n) is 6.01. The maximum absolute atomic E-state index is 14.2. The molecular formula is C19H18F2N2OS. The molecule has 0 aliphatic carbocycles. The number of hydrogen-bond donors (Lipinski definition) is 0. The van der Waals surface area contributed by atoms with Crippen LogP contribution in [-0.2, 0) is 6.54 Å². The lowest BCUT2D eigenvalue weighted by atomic mass is 10.1. The molecule has 0 saturated carbocycles. The number of rotatable bonds is 3. The van der Waals surface area contributed by atoms with Crippen LogP contribution in [0, 0.1) is 25.5 Å². The Labute approximate surface area is 148 Å². The van der Waals surface area contributed by atoms with Crippen LogP contribution in [0.5, 0.6) is 0 Å². The van der Waals surface area contributed by atoms with Gasteiger partial charge >= 0.3 is 0 Å². The molecule has 3 rings (SSSR count). The van der Waals surface area contributed by atoms with Crippen molar-refractivity contribution in [1.29, 1.82) is 0 Å². The van der Waals surface area contributed by atoms with Gasteiger partial charge in [-0.05, 0) is 38.0 Å². The van der Waals surface area contributed by atoms with Crippen molar-refractivity contribution in [3.63, 3.8) is 0 Å². The zero-order valence-electron chi connectivity index (χ0n) is 14.3. The SMILES string of the molecule is CCCn1c(=NC(=O)c2cc(C)ccc2C)sc2cc(F)cc(F)c21. The Kier molecular flexibility index (Phi) is 4.81. The number of aryl methyl sites for hydroxylation is 3. The van der Waals surface area contributed by atoms with E-state index >= 15 is 0 Å². The van der Waals surface area contributed by atoms with E-state index < -0.39 is 11.6 Å². The molecule has 6 heteroatoms. The molecule has 1 amide bonds. The number of hydrogen-bond acceptors (Lipinski definition) is 2. The van der Waals surface area contributed by atoms with Gasteiger partial charge in [-0.15, -0.1) is 0 Å². The normalized spacial score (nSPS) is 12.1. The van der Waals surface area contributed by atoms with Crippen LogP contribution in [0.3, 0.4) is 0 Å². The number of amides is 1. The van der Waals surface area contributed by atoms with Crippen molar-refractivity contribution in [1.82, 2.24) is 4.57 Å². The number of fused-ring (bicyclic) bond motifs is 1. The number of aromatic nitrogens is 1. The van der Waals surface area contributed by atoms with Gasteiger partial charge in [-0.25, -0.2) is 8.78 Å². The number of nitrogens with zero attached hydrogens (tertiary/aromatic N) is 2. The van der Waals surface area contributed by atoms with Gasteiger partial charge in [-0.2, -0.15) is 4.99 Å². The summed E-state index contributed by atoms with van der Waals surface area (Å²) in [6.45, 7) is 6.21. The monoisotopic (exact) mass is 360 g/mol. The molecule has 1 aromatic heterocycles. The molecule has 0 spiro atoms. The minimum atomic E-state index is -0.639. The van der Waals surface area contributed by atoms with Gasteiger partial charge in [-0.1, -0.05) is 36.0 Å². The summed E-state index contributed by atoms with van der Waals surface area (Å²) in [4.78, 5) is 17.2. The standard InChI is InChI=1S/C19H18F2N2OS/c1-4-7-23-17-15(21)9-13(20)10-16(17)25-19(23)22-18(24)14-8-11(2)5-6-12(14)3/h5-6,8-10H,4,7H2,1-3H3. The van der Waals surface area contributed by atoms with E-state index in [1.54, 1.807) is 10.6 Å². The summed E-state index contributed by atoms with van der Waals surface area (Å²) in [5.41, 5.74) is 2.61. The van der Waals surface area contributed by atoms with Crippen molar-refractivity contribution in [2.75, 3.05) is 0 Å². The second-order valence-corrected chi connectivity index (χ2v) is 7.02. The second kappa shape index (κ2) is 6.88. The molecule has 3 nitrogen and oxygen atoms in total. The van der Waals surface area contributed by atoms with Gasteiger partial charge in [0.05, 0.1) is 10.2 Å². The van der Waals surface area contributed by atoms with E-state index in [-0.39, 0.29) is 5.91 Å². The van der Waals surface area contributed by atoms with Gasteiger partial charge in [-0.3, -0.25) is 4.79 Å². The first-order chi connectivity index (χ1) is 11.9. The minimum Gasteiger partial charge on any atom is -0.314 e. The van der Waals surface area contributed by atoms with Crippen LogP contribution in [0.15, 0.2) is 35.3 Å². The fourth-order valence-electron chi connectivity index (χ4n) is 2.76. The molecule has 0 radical (unpaired) electrons. The highest BCUT2D eigenvalue weighted by atomic mass is 32.1. The smallest absolute Gasteiger partial charge is 0.279 e. The molecule has 130 valence electrons. The van der Waals surface area contributed by atoms with Gasteiger partial charge in [0.25, 0.3) is 5.91 Å². The molecule has 0 bridgehead atoms. The fraction of sp³-hybridized carbons (Fsp3) is 0.263. The summed E-state index contributed by atoms with van der Waals surface area (Å²) in [6, 6.07) is 7.73. The molecular weight excluding hydrogens is 342 g/mol. The van der Waals surface area contributed by atoms with E-state index in [0.29, 0.717) is 27.1 Å². The molecule has 3 aromatic rings. The van der Waals surface area contributed by atoms with Crippen LogP contribution in [0.2, 0.25) is 0 Å². The van der Waals surface area contributed by atoms with Gasteiger partial charge in [0, 0.05) is 18.2 Å². The Hall–Kier alpha value is -2.34. The Bertz CT molecular complexity index is 1030. The van der Waals surface area contributed by atoms with Crippen LogP contribution in [0.25, 0.3) is 10.2 Å². The van der Waals surface area contributed by atoms with Gasteiger partial charge in [0.1, 0.15) is 5.82 Å². The van der Waals surface area contributed by atoms with Crippen LogP contribution < -0.4 is 4.80 Å². The zero-order valence-corrected chi connectivity index (χ0v) is 15.1. The third-order valence-electron chi connectivity index (χ3n) is 3.96. The topological polar surface area (TPSA) is 34.4 Å². The molecule has 0 saturated heterocycles. The maximum atomic E-state index is 14.2. The van der Waals surface area contributed by atoms with Crippen LogP contribution in [-0.4, -0.2) is 10.5 Å². The fourth-order valence-corrected chi connectivity index (χ4v) is 3.85. The summed E-state index contributed by atoms with van der Waals surface area (Å²) in [5, 5.41) is 0. The van der Waals surface area contributed by atoms with E-state index in [4.69, 9.17) is 0 Å². The van der Waals surface area contributed by atoms with Gasteiger partial charge in [0.2, 0.25) is 0 Å². The lowest BCUT2D eigenvalue weighted by molar-refractivity contribution is 0.0997. The molecule has 2 aromatic carbocycles. The highest BCUT2D eigenvalue weighted by molar-refractivity contribution is 7.16. The lowest BCUT2D eigenvalue weighted by Gasteiger charge is -2.05. The molecule has 0 fully saturated rings. The third kappa shape index (κ3) is 3.39. The van der Waals surface area contributed by atoms with E-state index in [9.17, 15) is 13.6 Å². The molecule has 0 atom stereocenters. The Balaban J connectivity index is 2.21. The summed E-state index contributed by atoms with van der Waals surface area (Å²) >= 11 is 1.12. The van der Waals surface area contributed by atoms with E-state index in [1.807, 2.05) is 32.9 Å². The summed E-state index contributed by atoms with van der Waals surface area (Å²) in [5.74, 6) is -1.65. The van der Waals surface area contributed by atoms with Gasteiger partial charge < -0.3 is 4.57 Å². The zero-order chi connectivity index (χ0) is 18.1. The highest BCUT2D eigenvalue weighted by Gasteiger charge is 2.14. The molecule has 0 aliphatic rings. The van der Waals surface area contributed by atoms with Crippen molar-refractivity contribution in [2.24, 2.45) is 4.99 Å². The Morgan fingerprint density at radius 1 is 1.20 bits per heavy atom. The molecule has 0 N–H and O–H groups in total. The average molecular weight is 360 g/mol. The van der Waals surface area contributed by atoms with Crippen molar-refractivity contribution in [3.05, 3.63) is 63.5 Å². The van der Waals surface area contributed by atoms with E-state index in [1.165, 1.54) is 6.07 Å². The van der Waals surface area contributed by atoms with E-state index in [2.05, 4.69) is 4.99 Å². The summed E-state index contributed by atoms with van der Waals surface area (Å²) < 4.78 is 29.8.